The standard InChI is InChI=1S/C19H40O3Si/c1-11-13-14-16-23(20-17(3,4)5,21-18(6,7)8)22-19(9,10)15-12-2/h12H,2,11,13-16H2,1,3-10H3. The summed E-state index contributed by atoms with van der Waals surface area (Å²) in [7, 11) is -2.82. The van der Waals surface area contributed by atoms with Crippen LogP contribution in [0.25, 0.3) is 0 Å². The van der Waals surface area contributed by atoms with Crippen LogP contribution in [0.5, 0.6) is 0 Å². The zero-order chi connectivity index (χ0) is 18.4. The molecule has 0 aliphatic heterocycles. The molecule has 0 saturated heterocycles. The second-order valence-corrected chi connectivity index (χ2v) is 11.4. The van der Waals surface area contributed by atoms with E-state index in [9.17, 15) is 0 Å². The fourth-order valence-corrected chi connectivity index (χ4v) is 6.46. The fourth-order valence-electron chi connectivity index (χ4n) is 2.55. The van der Waals surface area contributed by atoms with Gasteiger partial charge in [0.1, 0.15) is 0 Å². The van der Waals surface area contributed by atoms with Gasteiger partial charge in [-0.15, -0.1) is 6.58 Å². The third-order valence-electron chi connectivity index (χ3n) is 3.08. The first-order chi connectivity index (χ1) is 10.2. The molecule has 138 valence electrons. The predicted octanol–water partition coefficient (Wildman–Crippen LogP) is 6.12. The second-order valence-electron chi connectivity index (χ2n) is 8.92. The average molecular weight is 345 g/mol. The molecule has 0 aromatic heterocycles. The lowest BCUT2D eigenvalue weighted by atomic mass is 10.1. The first-order valence-corrected chi connectivity index (χ1v) is 10.9. The van der Waals surface area contributed by atoms with Gasteiger partial charge in [-0.05, 0) is 68.2 Å². The highest BCUT2D eigenvalue weighted by Crippen LogP contribution is 2.34. The van der Waals surface area contributed by atoms with Crippen molar-refractivity contribution in [2.75, 3.05) is 0 Å². The normalized spacial score (nSPS) is 14.1. The van der Waals surface area contributed by atoms with Gasteiger partial charge in [0.05, 0.1) is 16.8 Å². The molecule has 0 fully saturated rings. The molecule has 0 saturated carbocycles. The summed E-state index contributed by atoms with van der Waals surface area (Å²) in [6.07, 6.45) is 6.08. The third kappa shape index (κ3) is 11.1. The Morgan fingerprint density at radius 1 is 0.826 bits per heavy atom. The van der Waals surface area contributed by atoms with Crippen LogP contribution >= 0.6 is 0 Å². The third-order valence-corrected chi connectivity index (χ3v) is 6.75. The molecule has 0 atom stereocenters. The largest absolute Gasteiger partial charge is 0.502 e. The van der Waals surface area contributed by atoms with Gasteiger partial charge >= 0.3 is 8.80 Å². The van der Waals surface area contributed by atoms with Gasteiger partial charge in [-0.25, -0.2) is 0 Å². The molecular formula is C19H40O3Si. The summed E-state index contributed by atoms with van der Waals surface area (Å²) in [6.45, 7) is 22.7. The van der Waals surface area contributed by atoms with Crippen molar-refractivity contribution < 1.29 is 13.3 Å². The van der Waals surface area contributed by atoms with Gasteiger partial charge in [0.2, 0.25) is 0 Å². The maximum atomic E-state index is 6.59. The molecular weight excluding hydrogens is 304 g/mol. The Bertz CT molecular complexity index is 335. The van der Waals surface area contributed by atoms with E-state index in [-0.39, 0.29) is 16.8 Å². The van der Waals surface area contributed by atoms with Crippen LogP contribution in [0.15, 0.2) is 12.7 Å². The van der Waals surface area contributed by atoms with Crippen molar-refractivity contribution in [3.63, 3.8) is 0 Å². The van der Waals surface area contributed by atoms with Crippen LogP contribution in [0, 0.1) is 0 Å². The summed E-state index contributed by atoms with van der Waals surface area (Å²) in [5.74, 6) is 0. The number of hydrogen-bond donors (Lipinski definition) is 0. The van der Waals surface area contributed by atoms with Gasteiger partial charge < -0.3 is 13.3 Å². The quantitative estimate of drug-likeness (QED) is 0.271. The molecule has 3 nitrogen and oxygen atoms in total. The summed E-state index contributed by atoms with van der Waals surface area (Å²) in [6, 6.07) is 0.857. The maximum Gasteiger partial charge on any atom is 0.502 e. The Labute approximate surface area is 146 Å². The lowest BCUT2D eigenvalue weighted by molar-refractivity contribution is -0.0793. The highest BCUT2D eigenvalue weighted by Gasteiger charge is 2.50. The van der Waals surface area contributed by atoms with E-state index in [4.69, 9.17) is 13.3 Å². The molecule has 0 amide bonds. The monoisotopic (exact) mass is 344 g/mol. The SMILES string of the molecule is C=CCC(C)(C)O[Si](CCCCC)(OC(C)(C)C)OC(C)(C)C. The maximum absolute atomic E-state index is 6.59. The summed E-state index contributed by atoms with van der Waals surface area (Å²) < 4.78 is 19.6. The van der Waals surface area contributed by atoms with E-state index in [0.717, 1.165) is 18.9 Å². The topological polar surface area (TPSA) is 27.7 Å². The van der Waals surface area contributed by atoms with Gasteiger partial charge in [-0.2, -0.15) is 0 Å². The van der Waals surface area contributed by atoms with Crippen molar-refractivity contribution in [3.8, 4) is 0 Å². The Morgan fingerprint density at radius 2 is 1.30 bits per heavy atom. The zero-order valence-corrected chi connectivity index (χ0v) is 18.0. The van der Waals surface area contributed by atoms with Crippen LogP contribution < -0.4 is 0 Å². The highest BCUT2D eigenvalue weighted by molar-refractivity contribution is 6.61. The minimum Gasteiger partial charge on any atom is -0.368 e. The molecule has 0 bridgehead atoms. The van der Waals surface area contributed by atoms with E-state index in [1.54, 1.807) is 0 Å². The molecule has 0 aromatic rings. The van der Waals surface area contributed by atoms with E-state index in [2.05, 4.69) is 68.9 Å². The number of unbranched alkanes of at least 4 members (excludes halogenated alkanes) is 2. The molecule has 0 heterocycles. The van der Waals surface area contributed by atoms with Crippen molar-refractivity contribution in [1.82, 2.24) is 0 Å². The van der Waals surface area contributed by atoms with E-state index in [1.807, 2.05) is 6.08 Å². The Morgan fingerprint density at radius 3 is 1.65 bits per heavy atom. The molecule has 0 spiro atoms. The second kappa shape index (κ2) is 8.79. The average Bonchev–Trinajstić information content (AvgIpc) is 2.22. The molecule has 0 rings (SSSR count). The van der Waals surface area contributed by atoms with E-state index >= 15 is 0 Å². The van der Waals surface area contributed by atoms with E-state index < -0.39 is 8.80 Å². The lowest BCUT2D eigenvalue weighted by Gasteiger charge is -2.43. The fraction of sp³-hybridized carbons (Fsp3) is 0.895. The first-order valence-electron chi connectivity index (χ1n) is 8.96. The molecule has 0 aliphatic rings. The van der Waals surface area contributed by atoms with Crippen LogP contribution in [-0.4, -0.2) is 25.6 Å². The minimum absolute atomic E-state index is 0.298. The molecule has 0 unspecified atom stereocenters. The summed E-state index contributed by atoms with van der Waals surface area (Å²) in [5.41, 5.74) is -0.932. The van der Waals surface area contributed by atoms with Crippen LogP contribution in [-0.2, 0) is 13.3 Å². The molecule has 0 aliphatic carbocycles. The van der Waals surface area contributed by atoms with Crippen molar-refractivity contribution in [3.05, 3.63) is 12.7 Å². The number of rotatable bonds is 10. The summed E-state index contributed by atoms with van der Waals surface area (Å²) in [5, 5.41) is 0. The molecule has 0 aromatic carbocycles. The van der Waals surface area contributed by atoms with Crippen LogP contribution in [0.4, 0.5) is 0 Å². The highest BCUT2D eigenvalue weighted by atomic mass is 28.4. The van der Waals surface area contributed by atoms with Crippen molar-refractivity contribution >= 4 is 8.80 Å². The van der Waals surface area contributed by atoms with Crippen LogP contribution in [0.1, 0.15) is 88.0 Å². The Hall–Kier alpha value is -0.163. The minimum atomic E-state index is -2.82. The first kappa shape index (κ1) is 22.8. The smallest absolute Gasteiger partial charge is 0.368 e. The van der Waals surface area contributed by atoms with E-state index in [1.165, 1.54) is 12.8 Å². The zero-order valence-electron chi connectivity index (χ0n) is 17.0. The van der Waals surface area contributed by atoms with Crippen LogP contribution in [0.3, 0.4) is 0 Å². The molecule has 4 heteroatoms. The Kier molecular flexibility index (Phi) is 8.73. The molecule has 23 heavy (non-hydrogen) atoms. The van der Waals surface area contributed by atoms with Gasteiger partial charge in [-0.3, -0.25) is 0 Å². The molecule has 0 N–H and O–H groups in total. The predicted molar refractivity (Wildman–Crippen MR) is 102 cm³/mol. The van der Waals surface area contributed by atoms with Crippen molar-refractivity contribution in [1.29, 1.82) is 0 Å². The Balaban J connectivity index is 5.55. The number of hydrogen-bond acceptors (Lipinski definition) is 3. The lowest BCUT2D eigenvalue weighted by Crippen LogP contribution is -2.57. The van der Waals surface area contributed by atoms with Gasteiger partial charge in [-0.1, -0.05) is 25.8 Å². The van der Waals surface area contributed by atoms with Gasteiger partial charge in [0.15, 0.2) is 0 Å². The van der Waals surface area contributed by atoms with Gasteiger partial charge in [0, 0.05) is 6.04 Å². The van der Waals surface area contributed by atoms with Gasteiger partial charge in [0.25, 0.3) is 0 Å². The van der Waals surface area contributed by atoms with Crippen LogP contribution in [0.2, 0.25) is 6.04 Å². The summed E-state index contributed by atoms with van der Waals surface area (Å²) >= 11 is 0. The van der Waals surface area contributed by atoms with Crippen molar-refractivity contribution in [2.24, 2.45) is 0 Å². The van der Waals surface area contributed by atoms with E-state index in [0.29, 0.717) is 0 Å². The summed E-state index contributed by atoms with van der Waals surface area (Å²) in [4.78, 5) is 0. The molecule has 0 radical (unpaired) electrons. The van der Waals surface area contributed by atoms with Crippen molar-refractivity contribution in [2.45, 2.75) is 111 Å².